The molecule has 0 saturated heterocycles. The van der Waals surface area contributed by atoms with Gasteiger partial charge >= 0.3 is 11.9 Å². The molecule has 0 aliphatic heterocycles. The van der Waals surface area contributed by atoms with Crippen molar-refractivity contribution >= 4 is 11.9 Å². The normalized spacial score (nSPS) is 14.9. The van der Waals surface area contributed by atoms with Crippen LogP contribution in [0.5, 0.6) is 5.75 Å². The largest absolute Gasteiger partial charge is 0.482 e. The zero-order valence-electron chi connectivity index (χ0n) is 17.9. The highest BCUT2D eigenvalue weighted by Gasteiger charge is 2.23. The van der Waals surface area contributed by atoms with Crippen LogP contribution >= 0.6 is 0 Å². The number of rotatable bonds is 8. The van der Waals surface area contributed by atoms with Gasteiger partial charge < -0.3 is 14.6 Å². The molecule has 33 heavy (non-hydrogen) atoms. The lowest BCUT2D eigenvalue weighted by molar-refractivity contribution is -0.139. The van der Waals surface area contributed by atoms with Gasteiger partial charge in [-0.1, -0.05) is 36.4 Å². The lowest BCUT2D eigenvalue weighted by atomic mass is 9.87. The van der Waals surface area contributed by atoms with Crippen molar-refractivity contribution in [3.8, 4) is 16.9 Å². The maximum atomic E-state index is 13.1. The van der Waals surface area contributed by atoms with Crippen molar-refractivity contribution in [2.45, 2.75) is 25.3 Å². The van der Waals surface area contributed by atoms with E-state index in [1.54, 1.807) is 42.5 Å². The van der Waals surface area contributed by atoms with Crippen LogP contribution in [0.4, 0.5) is 4.39 Å². The molecule has 0 saturated carbocycles. The lowest BCUT2D eigenvalue weighted by Gasteiger charge is -2.27. The number of carbonyl (C=O) groups excluding carboxylic acids is 1. The summed E-state index contributed by atoms with van der Waals surface area (Å²) < 4.78 is 23.9. The first-order valence-electron chi connectivity index (χ1n) is 10.7. The molecule has 1 atom stereocenters. The van der Waals surface area contributed by atoms with Crippen molar-refractivity contribution in [1.29, 1.82) is 0 Å². The molecule has 1 unspecified atom stereocenters. The minimum atomic E-state index is -1.02. The minimum absolute atomic E-state index is 0.0178. The second kappa shape index (κ2) is 10.3. The number of benzene rings is 3. The van der Waals surface area contributed by atoms with E-state index < -0.39 is 11.9 Å². The molecule has 3 aromatic rings. The third-order valence-electron chi connectivity index (χ3n) is 5.65. The Bertz CT molecular complexity index is 1130. The SMILES string of the molecule is O=C(O)COc1cccc2c1CCCC2NCOC(=O)c1ccc(-c2ccc(F)cc2)cc1. The van der Waals surface area contributed by atoms with Gasteiger partial charge in [-0.25, -0.2) is 14.0 Å². The van der Waals surface area contributed by atoms with Crippen LogP contribution in [-0.2, 0) is 16.0 Å². The van der Waals surface area contributed by atoms with E-state index in [1.807, 2.05) is 12.1 Å². The molecule has 0 heterocycles. The standard InChI is InChI=1S/C26H24FNO5/c27-20-13-11-18(12-14-20)17-7-9-19(10-8-17)26(31)33-16-28-23-5-1-4-22-21(23)3-2-6-24(22)32-15-25(29)30/h2-3,6-14,23,28H,1,4-5,15-16H2,(H,29,30). The number of aliphatic carboxylic acids is 1. The van der Waals surface area contributed by atoms with Gasteiger partial charge in [-0.2, -0.15) is 0 Å². The maximum Gasteiger partial charge on any atom is 0.341 e. The number of halogens is 1. The quantitative estimate of drug-likeness (QED) is 0.382. The first-order chi connectivity index (χ1) is 16.0. The van der Waals surface area contributed by atoms with Crippen LogP contribution in [-0.4, -0.2) is 30.4 Å². The summed E-state index contributed by atoms with van der Waals surface area (Å²) >= 11 is 0. The molecule has 0 spiro atoms. The Labute approximate surface area is 191 Å². The average molecular weight is 449 g/mol. The van der Waals surface area contributed by atoms with Gasteiger partial charge in [0.05, 0.1) is 5.56 Å². The van der Waals surface area contributed by atoms with Crippen LogP contribution in [0.1, 0.15) is 40.4 Å². The Balaban J connectivity index is 1.34. The Morgan fingerprint density at radius 2 is 1.70 bits per heavy atom. The molecule has 0 fully saturated rings. The summed E-state index contributed by atoms with van der Waals surface area (Å²) in [6.07, 6.45) is 2.60. The fraction of sp³-hybridized carbons (Fsp3) is 0.231. The van der Waals surface area contributed by atoms with Crippen molar-refractivity contribution in [1.82, 2.24) is 5.32 Å². The third kappa shape index (κ3) is 5.56. The molecular weight excluding hydrogens is 425 g/mol. The number of nitrogens with one attached hydrogen (secondary N) is 1. The molecule has 1 aliphatic rings. The molecule has 0 bridgehead atoms. The predicted octanol–water partition coefficient (Wildman–Crippen LogP) is 4.74. The summed E-state index contributed by atoms with van der Waals surface area (Å²) in [4.78, 5) is 23.3. The molecule has 1 aliphatic carbocycles. The highest BCUT2D eigenvalue weighted by Crippen LogP contribution is 2.35. The van der Waals surface area contributed by atoms with Crippen LogP contribution in [0.2, 0.25) is 0 Å². The van der Waals surface area contributed by atoms with E-state index in [-0.39, 0.29) is 25.2 Å². The Hall–Kier alpha value is -3.71. The van der Waals surface area contributed by atoms with Gasteiger partial charge in [0, 0.05) is 6.04 Å². The Morgan fingerprint density at radius 1 is 1.00 bits per heavy atom. The Morgan fingerprint density at radius 3 is 2.39 bits per heavy atom. The van der Waals surface area contributed by atoms with Gasteiger partial charge in [-0.15, -0.1) is 0 Å². The molecule has 0 radical (unpaired) electrons. The van der Waals surface area contributed by atoms with Crippen molar-refractivity contribution in [2.75, 3.05) is 13.3 Å². The summed E-state index contributed by atoms with van der Waals surface area (Å²) in [5, 5.41) is 12.1. The molecule has 4 rings (SSSR count). The van der Waals surface area contributed by atoms with E-state index in [0.717, 1.165) is 41.5 Å². The summed E-state index contributed by atoms with van der Waals surface area (Å²) in [6, 6.07) is 18.7. The highest BCUT2D eigenvalue weighted by atomic mass is 19.1. The maximum absolute atomic E-state index is 13.1. The number of carboxylic acid groups (broad SMARTS) is 1. The van der Waals surface area contributed by atoms with E-state index in [1.165, 1.54) is 12.1 Å². The van der Waals surface area contributed by atoms with E-state index in [2.05, 4.69) is 5.32 Å². The number of esters is 1. The second-order valence-electron chi connectivity index (χ2n) is 7.82. The van der Waals surface area contributed by atoms with Crippen molar-refractivity contribution in [3.05, 3.63) is 89.2 Å². The number of hydrogen-bond acceptors (Lipinski definition) is 5. The minimum Gasteiger partial charge on any atom is -0.482 e. The average Bonchev–Trinajstić information content (AvgIpc) is 2.83. The van der Waals surface area contributed by atoms with Crippen LogP contribution in [0, 0.1) is 5.82 Å². The number of fused-ring (bicyclic) bond motifs is 1. The van der Waals surface area contributed by atoms with Gasteiger partial charge in [0.1, 0.15) is 18.3 Å². The number of ether oxygens (including phenoxy) is 2. The van der Waals surface area contributed by atoms with Crippen molar-refractivity contribution in [2.24, 2.45) is 0 Å². The summed E-state index contributed by atoms with van der Waals surface area (Å²) in [5.74, 6) is -1.17. The molecular formula is C26H24FNO5. The molecule has 2 N–H and O–H groups in total. The van der Waals surface area contributed by atoms with E-state index in [0.29, 0.717) is 11.3 Å². The van der Waals surface area contributed by atoms with Gasteiger partial charge in [0.2, 0.25) is 0 Å². The zero-order valence-corrected chi connectivity index (χ0v) is 17.9. The topological polar surface area (TPSA) is 84.9 Å². The molecule has 0 amide bonds. The Kier molecular flexibility index (Phi) is 7.00. The van der Waals surface area contributed by atoms with Crippen LogP contribution in [0.15, 0.2) is 66.7 Å². The van der Waals surface area contributed by atoms with Gasteiger partial charge in [0.25, 0.3) is 0 Å². The van der Waals surface area contributed by atoms with Crippen molar-refractivity contribution < 1.29 is 28.6 Å². The molecule has 170 valence electrons. The first-order valence-corrected chi connectivity index (χ1v) is 10.7. The zero-order chi connectivity index (χ0) is 23.2. The second-order valence-corrected chi connectivity index (χ2v) is 7.82. The number of hydrogen-bond donors (Lipinski definition) is 2. The monoisotopic (exact) mass is 449 g/mol. The van der Waals surface area contributed by atoms with Gasteiger partial charge in [-0.3, -0.25) is 5.32 Å². The summed E-state index contributed by atoms with van der Waals surface area (Å²) in [6.45, 7) is -0.338. The number of carbonyl (C=O) groups is 2. The van der Waals surface area contributed by atoms with E-state index >= 15 is 0 Å². The van der Waals surface area contributed by atoms with E-state index in [4.69, 9.17) is 14.6 Å². The fourth-order valence-corrected chi connectivity index (χ4v) is 4.03. The summed E-state index contributed by atoms with van der Waals surface area (Å²) in [5.41, 5.74) is 4.19. The highest BCUT2D eigenvalue weighted by molar-refractivity contribution is 5.90. The fourth-order valence-electron chi connectivity index (χ4n) is 4.03. The predicted molar refractivity (Wildman–Crippen MR) is 121 cm³/mol. The van der Waals surface area contributed by atoms with Gasteiger partial charge in [0.15, 0.2) is 6.61 Å². The molecule has 3 aromatic carbocycles. The van der Waals surface area contributed by atoms with E-state index in [9.17, 15) is 14.0 Å². The van der Waals surface area contributed by atoms with Crippen LogP contribution < -0.4 is 10.1 Å². The van der Waals surface area contributed by atoms with Crippen LogP contribution in [0.3, 0.4) is 0 Å². The smallest absolute Gasteiger partial charge is 0.341 e. The summed E-state index contributed by atoms with van der Waals surface area (Å²) in [7, 11) is 0. The third-order valence-corrected chi connectivity index (χ3v) is 5.65. The molecule has 7 heteroatoms. The lowest BCUT2D eigenvalue weighted by Crippen LogP contribution is -2.29. The molecule has 6 nitrogen and oxygen atoms in total. The number of carboxylic acids is 1. The first kappa shape index (κ1) is 22.5. The molecule has 0 aromatic heterocycles. The van der Waals surface area contributed by atoms with Gasteiger partial charge in [-0.05, 0) is 71.8 Å². The van der Waals surface area contributed by atoms with Crippen LogP contribution in [0.25, 0.3) is 11.1 Å². The van der Waals surface area contributed by atoms with Crippen molar-refractivity contribution in [3.63, 3.8) is 0 Å².